The Morgan fingerprint density at radius 3 is 2.36 bits per heavy atom. The van der Waals surface area contributed by atoms with E-state index in [2.05, 4.69) is 11.9 Å². The topological polar surface area (TPSA) is 114 Å². The lowest BCUT2D eigenvalue weighted by Crippen LogP contribution is -2.47. The van der Waals surface area contributed by atoms with Gasteiger partial charge in [0.25, 0.3) is 0 Å². The minimum absolute atomic E-state index is 0.0356. The molecule has 0 radical (unpaired) electrons. The van der Waals surface area contributed by atoms with Crippen molar-refractivity contribution in [2.24, 2.45) is 17.1 Å². The van der Waals surface area contributed by atoms with Crippen LogP contribution < -0.4 is 20.5 Å². The van der Waals surface area contributed by atoms with E-state index in [1.165, 1.54) is 16.4 Å². The number of fused-ring (bicyclic) bond motifs is 1. The number of hydrogen-bond acceptors (Lipinski definition) is 7. The zero-order chi connectivity index (χ0) is 26.7. The molecule has 3 rings (SSSR count). The monoisotopic (exact) mass is 517 g/mol. The molecular formula is C27H39N3O5S. The van der Waals surface area contributed by atoms with Gasteiger partial charge >= 0.3 is 0 Å². The molecule has 0 aromatic heterocycles. The number of ether oxygens (including phenoxy) is 2. The zero-order valence-electron chi connectivity index (χ0n) is 21.8. The maximum atomic E-state index is 13.7. The molecule has 0 unspecified atom stereocenters. The molecule has 2 aromatic carbocycles. The predicted molar refractivity (Wildman–Crippen MR) is 141 cm³/mol. The molecule has 0 saturated heterocycles. The van der Waals surface area contributed by atoms with E-state index in [0.29, 0.717) is 17.2 Å². The normalized spacial score (nSPS) is 16.1. The molecule has 4 N–H and O–H groups in total. The van der Waals surface area contributed by atoms with Crippen LogP contribution in [0.4, 0.5) is 0 Å². The number of nitrogens with one attached hydrogen (secondary N) is 1. The van der Waals surface area contributed by atoms with Crippen molar-refractivity contribution in [3.05, 3.63) is 66.4 Å². The van der Waals surface area contributed by atoms with Crippen molar-refractivity contribution in [2.75, 3.05) is 19.9 Å². The molecule has 1 aliphatic rings. The quantitative estimate of drug-likeness (QED) is 0.417. The summed E-state index contributed by atoms with van der Waals surface area (Å²) in [5.41, 5.74) is 7.53. The van der Waals surface area contributed by atoms with Crippen LogP contribution in [0.1, 0.15) is 46.2 Å². The molecule has 1 aliphatic heterocycles. The summed E-state index contributed by atoms with van der Waals surface area (Å²) >= 11 is 0. The number of hydrogen-bond donors (Lipinski definition) is 3. The number of benzene rings is 2. The third-order valence-electron chi connectivity index (χ3n) is 6.13. The second-order valence-corrected chi connectivity index (χ2v) is 12.6. The molecule has 0 bridgehead atoms. The Kier molecular flexibility index (Phi) is 8.71. The third-order valence-corrected chi connectivity index (χ3v) is 7.96. The van der Waals surface area contributed by atoms with Crippen LogP contribution in [-0.2, 0) is 10.0 Å². The summed E-state index contributed by atoms with van der Waals surface area (Å²) in [4.78, 5) is 0.0861. The zero-order valence-corrected chi connectivity index (χ0v) is 22.6. The van der Waals surface area contributed by atoms with Crippen molar-refractivity contribution in [2.45, 2.75) is 57.7 Å². The molecule has 0 fully saturated rings. The number of rotatable bonds is 11. The SMILES string of the molecule is C=C(N[C@@H](c1ccccc1)[C@H](O)CN(CC(C)C)S(=O)(=O)c1ccc2c(c1)OCO2)[C@@H](N)C(C)(C)C. The predicted octanol–water partition coefficient (Wildman–Crippen LogP) is 3.64. The van der Waals surface area contributed by atoms with Crippen molar-refractivity contribution in [3.63, 3.8) is 0 Å². The molecule has 2 aromatic rings. The van der Waals surface area contributed by atoms with Gasteiger partial charge in [-0.05, 0) is 29.0 Å². The van der Waals surface area contributed by atoms with Crippen LogP contribution in [0, 0.1) is 11.3 Å². The highest BCUT2D eigenvalue weighted by atomic mass is 32.2. The Morgan fingerprint density at radius 1 is 1.11 bits per heavy atom. The first-order valence-electron chi connectivity index (χ1n) is 12.1. The maximum absolute atomic E-state index is 13.7. The highest BCUT2D eigenvalue weighted by Gasteiger charge is 2.33. The van der Waals surface area contributed by atoms with E-state index in [1.54, 1.807) is 6.07 Å². The van der Waals surface area contributed by atoms with Crippen LogP contribution in [0.2, 0.25) is 0 Å². The van der Waals surface area contributed by atoms with Gasteiger partial charge < -0.3 is 25.6 Å². The smallest absolute Gasteiger partial charge is 0.243 e. The number of aliphatic hydroxyl groups excluding tert-OH is 1. The van der Waals surface area contributed by atoms with E-state index in [0.717, 1.165) is 5.56 Å². The van der Waals surface area contributed by atoms with Gasteiger partial charge in [-0.1, -0.05) is 71.5 Å². The van der Waals surface area contributed by atoms with Crippen molar-refractivity contribution < 1.29 is 23.0 Å². The lowest BCUT2D eigenvalue weighted by atomic mass is 9.85. The summed E-state index contributed by atoms with van der Waals surface area (Å²) in [5, 5.41) is 14.7. The average Bonchev–Trinajstić information content (AvgIpc) is 3.29. The summed E-state index contributed by atoms with van der Waals surface area (Å²) < 4.78 is 39.4. The van der Waals surface area contributed by atoms with Gasteiger partial charge in [0.1, 0.15) is 0 Å². The van der Waals surface area contributed by atoms with Crippen LogP contribution in [0.25, 0.3) is 0 Å². The van der Waals surface area contributed by atoms with Crippen LogP contribution in [0.15, 0.2) is 65.7 Å². The van der Waals surface area contributed by atoms with Crippen molar-refractivity contribution in [1.82, 2.24) is 9.62 Å². The molecule has 3 atom stereocenters. The van der Waals surface area contributed by atoms with Crippen LogP contribution in [-0.4, -0.2) is 49.9 Å². The average molecular weight is 518 g/mol. The van der Waals surface area contributed by atoms with Crippen molar-refractivity contribution in [1.29, 1.82) is 0 Å². The summed E-state index contributed by atoms with van der Waals surface area (Å²) in [5.74, 6) is 0.928. The first kappa shape index (κ1) is 28.0. The van der Waals surface area contributed by atoms with Gasteiger partial charge in [0, 0.05) is 30.9 Å². The summed E-state index contributed by atoms with van der Waals surface area (Å²) in [6, 6.07) is 13.0. The molecule has 36 heavy (non-hydrogen) atoms. The van der Waals surface area contributed by atoms with E-state index in [1.807, 2.05) is 65.0 Å². The molecule has 0 spiro atoms. The Bertz CT molecular complexity index is 1150. The Balaban J connectivity index is 1.91. The largest absolute Gasteiger partial charge is 0.454 e. The Hall–Kier alpha value is -2.59. The lowest BCUT2D eigenvalue weighted by molar-refractivity contribution is 0.104. The highest BCUT2D eigenvalue weighted by Crippen LogP contribution is 2.35. The Labute approximate surface area is 215 Å². The number of nitrogens with zero attached hydrogens (tertiary/aromatic N) is 1. The molecule has 0 amide bonds. The molecule has 0 saturated carbocycles. The van der Waals surface area contributed by atoms with Crippen molar-refractivity contribution in [3.8, 4) is 11.5 Å². The van der Waals surface area contributed by atoms with Gasteiger partial charge in [-0.3, -0.25) is 0 Å². The van der Waals surface area contributed by atoms with Gasteiger partial charge in [0.05, 0.1) is 17.0 Å². The van der Waals surface area contributed by atoms with Gasteiger partial charge in [0.15, 0.2) is 11.5 Å². The fourth-order valence-electron chi connectivity index (χ4n) is 4.05. The summed E-state index contributed by atoms with van der Waals surface area (Å²) in [6.45, 7) is 14.2. The number of sulfonamides is 1. The van der Waals surface area contributed by atoms with Gasteiger partial charge in [-0.25, -0.2) is 8.42 Å². The van der Waals surface area contributed by atoms with Gasteiger partial charge in [0.2, 0.25) is 16.8 Å². The maximum Gasteiger partial charge on any atom is 0.243 e. The van der Waals surface area contributed by atoms with Crippen LogP contribution in [0.5, 0.6) is 11.5 Å². The van der Waals surface area contributed by atoms with E-state index >= 15 is 0 Å². The minimum Gasteiger partial charge on any atom is -0.454 e. The number of nitrogens with two attached hydrogens (primary N) is 1. The molecule has 8 nitrogen and oxygen atoms in total. The lowest BCUT2D eigenvalue weighted by Gasteiger charge is -2.35. The first-order chi connectivity index (χ1) is 16.8. The third kappa shape index (κ3) is 6.59. The van der Waals surface area contributed by atoms with Crippen LogP contribution >= 0.6 is 0 Å². The highest BCUT2D eigenvalue weighted by molar-refractivity contribution is 7.89. The fraction of sp³-hybridized carbons (Fsp3) is 0.481. The van der Waals surface area contributed by atoms with E-state index < -0.39 is 22.2 Å². The summed E-state index contributed by atoms with van der Waals surface area (Å²) in [6.07, 6.45) is -1.08. The fourth-order valence-corrected chi connectivity index (χ4v) is 5.69. The first-order valence-corrected chi connectivity index (χ1v) is 13.6. The molecule has 9 heteroatoms. The molecule has 198 valence electrons. The van der Waals surface area contributed by atoms with Gasteiger partial charge in [-0.15, -0.1) is 0 Å². The number of aliphatic hydroxyl groups is 1. The molecular weight excluding hydrogens is 478 g/mol. The van der Waals surface area contributed by atoms with Crippen LogP contribution in [0.3, 0.4) is 0 Å². The standard InChI is InChI=1S/C27H39N3O5S/c1-18(2)15-30(36(32,33)21-12-13-23-24(14-21)35-17-34-23)16-22(31)25(20-10-8-7-9-11-20)29-19(3)26(28)27(4,5)6/h7-14,18,22,25-26,29,31H,3,15-17,28H2,1-2,4-6H3/t22-,25+,26-/m1/s1. The van der Waals surface area contributed by atoms with E-state index in [-0.39, 0.29) is 42.2 Å². The van der Waals surface area contributed by atoms with E-state index in [4.69, 9.17) is 15.2 Å². The second-order valence-electron chi connectivity index (χ2n) is 10.7. The molecule has 1 heterocycles. The second kappa shape index (κ2) is 11.2. The summed E-state index contributed by atoms with van der Waals surface area (Å²) in [7, 11) is -3.93. The Morgan fingerprint density at radius 2 is 1.75 bits per heavy atom. The van der Waals surface area contributed by atoms with E-state index in [9.17, 15) is 13.5 Å². The minimum atomic E-state index is -3.93. The van der Waals surface area contributed by atoms with Gasteiger partial charge in [-0.2, -0.15) is 4.31 Å². The molecule has 0 aliphatic carbocycles. The van der Waals surface area contributed by atoms with Crippen molar-refractivity contribution >= 4 is 10.0 Å².